The van der Waals surface area contributed by atoms with Crippen LogP contribution in [0.1, 0.15) is 20.7 Å². The van der Waals surface area contributed by atoms with Crippen molar-refractivity contribution in [2.75, 3.05) is 4.90 Å². The molecule has 5 heteroatoms. The van der Waals surface area contributed by atoms with E-state index in [9.17, 15) is 9.59 Å². The third-order valence-corrected chi connectivity index (χ3v) is 3.39. The summed E-state index contributed by atoms with van der Waals surface area (Å²) in [7, 11) is 0. The number of halogens is 2. The summed E-state index contributed by atoms with van der Waals surface area (Å²) in [6.45, 7) is 0. The Hall–Kier alpha value is -1.84. The second-order valence-electron chi connectivity index (χ2n) is 4.12. The molecule has 19 heavy (non-hydrogen) atoms. The third-order valence-electron chi connectivity index (χ3n) is 2.92. The molecule has 3 rings (SSSR count). The number of benzene rings is 2. The van der Waals surface area contributed by atoms with Gasteiger partial charge in [-0.1, -0.05) is 29.3 Å². The molecule has 0 aliphatic carbocycles. The molecular weight excluding hydrogens is 285 g/mol. The fraction of sp³-hybridized carbons (Fsp3) is 0. The number of nitrogens with zero attached hydrogens (tertiary/aromatic N) is 1. The van der Waals surface area contributed by atoms with Crippen LogP contribution < -0.4 is 4.90 Å². The van der Waals surface area contributed by atoms with Gasteiger partial charge in [0.05, 0.1) is 16.8 Å². The number of imide groups is 1. The lowest BCUT2D eigenvalue weighted by molar-refractivity contribution is 0.0926. The van der Waals surface area contributed by atoms with Gasteiger partial charge < -0.3 is 0 Å². The molecule has 2 aromatic rings. The molecule has 0 spiro atoms. The number of hydrogen-bond acceptors (Lipinski definition) is 2. The third kappa shape index (κ3) is 1.91. The molecule has 1 heterocycles. The normalized spacial score (nSPS) is 13.9. The summed E-state index contributed by atoms with van der Waals surface area (Å²) in [6.07, 6.45) is 0. The van der Waals surface area contributed by atoms with Crippen LogP contribution in [-0.4, -0.2) is 11.8 Å². The van der Waals surface area contributed by atoms with Crippen molar-refractivity contribution in [3.63, 3.8) is 0 Å². The summed E-state index contributed by atoms with van der Waals surface area (Å²) in [5.41, 5.74) is 1.13. The van der Waals surface area contributed by atoms with Crippen molar-refractivity contribution >= 4 is 40.7 Å². The molecule has 0 saturated carbocycles. The van der Waals surface area contributed by atoms with Crippen LogP contribution in [0.5, 0.6) is 0 Å². The Kier molecular flexibility index (Phi) is 2.81. The first kappa shape index (κ1) is 12.2. The molecular formula is C14H7Cl2NO2. The van der Waals surface area contributed by atoms with Crippen molar-refractivity contribution in [1.29, 1.82) is 0 Å². The lowest BCUT2D eigenvalue weighted by Crippen LogP contribution is -2.29. The summed E-state index contributed by atoms with van der Waals surface area (Å²) >= 11 is 11.7. The smallest absolute Gasteiger partial charge is 0.266 e. The summed E-state index contributed by atoms with van der Waals surface area (Å²) in [5.74, 6) is -0.747. The average molecular weight is 292 g/mol. The number of rotatable bonds is 1. The molecule has 94 valence electrons. The molecule has 0 radical (unpaired) electrons. The predicted octanol–water partition coefficient (Wildman–Crippen LogP) is 3.79. The maximum absolute atomic E-state index is 12.3. The summed E-state index contributed by atoms with van der Waals surface area (Å²) in [4.78, 5) is 25.6. The number of carbonyl (C=O) groups is 2. The SMILES string of the molecule is O=C1c2ccc(Cl)cc2C(=O)N1c1cccc(Cl)c1. The van der Waals surface area contributed by atoms with Gasteiger partial charge in [0.15, 0.2) is 0 Å². The second kappa shape index (κ2) is 4.37. The number of fused-ring (bicyclic) bond motifs is 1. The van der Waals surface area contributed by atoms with E-state index in [2.05, 4.69) is 0 Å². The highest BCUT2D eigenvalue weighted by Crippen LogP contribution is 2.31. The monoisotopic (exact) mass is 291 g/mol. The van der Waals surface area contributed by atoms with Crippen molar-refractivity contribution in [3.05, 3.63) is 63.6 Å². The average Bonchev–Trinajstić information content (AvgIpc) is 2.61. The minimum absolute atomic E-state index is 0.317. The molecule has 0 N–H and O–H groups in total. The van der Waals surface area contributed by atoms with E-state index >= 15 is 0 Å². The molecule has 0 saturated heterocycles. The van der Waals surface area contributed by atoms with Crippen LogP contribution in [0.15, 0.2) is 42.5 Å². The second-order valence-corrected chi connectivity index (χ2v) is 4.99. The van der Waals surface area contributed by atoms with Gasteiger partial charge in [-0.25, -0.2) is 4.90 Å². The van der Waals surface area contributed by atoms with Crippen LogP contribution in [0.2, 0.25) is 10.0 Å². The molecule has 2 amide bonds. The molecule has 1 aliphatic heterocycles. The fourth-order valence-electron chi connectivity index (χ4n) is 2.06. The Labute approximate surface area is 119 Å². The highest BCUT2D eigenvalue weighted by atomic mass is 35.5. The van der Waals surface area contributed by atoms with Crippen LogP contribution in [0.3, 0.4) is 0 Å². The van der Waals surface area contributed by atoms with Crippen molar-refractivity contribution in [1.82, 2.24) is 0 Å². The molecule has 3 nitrogen and oxygen atoms in total. The van der Waals surface area contributed by atoms with Gasteiger partial charge in [0.2, 0.25) is 0 Å². The van der Waals surface area contributed by atoms with Gasteiger partial charge in [-0.15, -0.1) is 0 Å². The first-order chi connectivity index (χ1) is 9.08. The van der Waals surface area contributed by atoms with Gasteiger partial charge in [0.25, 0.3) is 11.8 Å². The van der Waals surface area contributed by atoms with Crippen LogP contribution in [0, 0.1) is 0 Å². The minimum Gasteiger partial charge on any atom is -0.268 e. The van der Waals surface area contributed by atoms with E-state index in [-0.39, 0.29) is 11.8 Å². The van der Waals surface area contributed by atoms with Gasteiger partial charge in [0, 0.05) is 10.0 Å². The van der Waals surface area contributed by atoms with Crippen molar-refractivity contribution < 1.29 is 9.59 Å². The molecule has 0 aromatic heterocycles. The highest BCUT2D eigenvalue weighted by molar-refractivity contribution is 6.37. The molecule has 0 fully saturated rings. The Morgan fingerprint density at radius 1 is 0.789 bits per heavy atom. The topological polar surface area (TPSA) is 37.4 Å². The predicted molar refractivity (Wildman–Crippen MR) is 74.0 cm³/mol. The Morgan fingerprint density at radius 3 is 2.21 bits per heavy atom. The standard InChI is InChI=1S/C14H7Cl2NO2/c15-8-2-1-3-10(6-8)17-13(18)11-5-4-9(16)7-12(11)14(17)19/h1-7H. The van der Waals surface area contributed by atoms with Crippen LogP contribution in [0.25, 0.3) is 0 Å². The van der Waals surface area contributed by atoms with Gasteiger partial charge in [-0.3, -0.25) is 9.59 Å². The van der Waals surface area contributed by atoms with Gasteiger partial charge in [0.1, 0.15) is 0 Å². The molecule has 0 atom stereocenters. The molecule has 0 bridgehead atoms. The zero-order valence-corrected chi connectivity index (χ0v) is 11.1. The summed E-state index contributed by atoms with van der Waals surface area (Å²) in [5, 5.41) is 0.889. The van der Waals surface area contributed by atoms with Crippen molar-refractivity contribution in [3.8, 4) is 0 Å². The van der Waals surface area contributed by atoms with Crippen LogP contribution >= 0.6 is 23.2 Å². The number of amides is 2. The Morgan fingerprint density at radius 2 is 1.47 bits per heavy atom. The highest BCUT2D eigenvalue weighted by Gasteiger charge is 2.36. The van der Waals surface area contributed by atoms with E-state index in [0.29, 0.717) is 26.9 Å². The lowest BCUT2D eigenvalue weighted by Gasteiger charge is -2.13. The molecule has 0 unspecified atom stereocenters. The van der Waals surface area contributed by atoms with Gasteiger partial charge >= 0.3 is 0 Å². The zero-order valence-electron chi connectivity index (χ0n) is 9.56. The molecule has 1 aliphatic rings. The first-order valence-corrected chi connectivity index (χ1v) is 6.27. The lowest BCUT2D eigenvalue weighted by atomic mass is 10.1. The van der Waals surface area contributed by atoms with Gasteiger partial charge in [-0.05, 0) is 36.4 Å². The van der Waals surface area contributed by atoms with Crippen molar-refractivity contribution in [2.45, 2.75) is 0 Å². The Balaban J connectivity index is 2.13. The fourth-order valence-corrected chi connectivity index (χ4v) is 2.42. The van der Waals surface area contributed by atoms with E-state index in [4.69, 9.17) is 23.2 Å². The minimum atomic E-state index is -0.384. The quantitative estimate of drug-likeness (QED) is 0.750. The van der Waals surface area contributed by atoms with Crippen LogP contribution in [0.4, 0.5) is 5.69 Å². The first-order valence-electron chi connectivity index (χ1n) is 5.52. The van der Waals surface area contributed by atoms with E-state index in [1.807, 2.05) is 0 Å². The van der Waals surface area contributed by atoms with Gasteiger partial charge in [-0.2, -0.15) is 0 Å². The number of carbonyl (C=O) groups excluding carboxylic acids is 2. The van der Waals surface area contributed by atoms with E-state index in [1.165, 1.54) is 6.07 Å². The molecule has 2 aromatic carbocycles. The van der Waals surface area contributed by atoms with E-state index < -0.39 is 0 Å². The van der Waals surface area contributed by atoms with E-state index in [0.717, 1.165) is 4.90 Å². The van der Waals surface area contributed by atoms with Crippen LogP contribution in [-0.2, 0) is 0 Å². The number of anilines is 1. The maximum Gasteiger partial charge on any atom is 0.266 e. The Bertz CT molecular complexity index is 712. The van der Waals surface area contributed by atoms with Crippen molar-refractivity contribution in [2.24, 2.45) is 0 Å². The summed E-state index contributed by atoms with van der Waals surface area (Å²) in [6, 6.07) is 11.3. The number of hydrogen-bond donors (Lipinski definition) is 0. The maximum atomic E-state index is 12.3. The largest absolute Gasteiger partial charge is 0.268 e. The zero-order chi connectivity index (χ0) is 13.6. The summed E-state index contributed by atoms with van der Waals surface area (Å²) < 4.78 is 0. The van der Waals surface area contributed by atoms with E-state index in [1.54, 1.807) is 36.4 Å².